The lowest BCUT2D eigenvalue weighted by molar-refractivity contribution is -0.136. The van der Waals surface area contributed by atoms with E-state index in [9.17, 15) is 4.79 Å². The van der Waals surface area contributed by atoms with Crippen LogP contribution in [0.15, 0.2) is 0 Å². The first-order valence-electron chi connectivity index (χ1n) is 8.47. The van der Waals surface area contributed by atoms with Gasteiger partial charge in [0.05, 0.1) is 0 Å². The first kappa shape index (κ1) is 15.8. The molecule has 0 aromatic heterocycles. The first-order valence-corrected chi connectivity index (χ1v) is 8.47. The Balaban J connectivity index is 2.05. The smallest absolute Gasteiger partial charge is 0.223 e. The van der Waals surface area contributed by atoms with E-state index in [4.69, 9.17) is 0 Å². The number of nitrogens with one attached hydrogen (secondary N) is 1. The fraction of sp³-hybridized carbons (Fsp3) is 0.941. The molecule has 1 N–H and O–H groups in total. The molecule has 0 bridgehead atoms. The second-order valence-electron chi connectivity index (χ2n) is 7.83. The lowest BCUT2D eigenvalue weighted by Crippen LogP contribution is -2.47. The van der Waals surface area contributed by atoms with Crippen molar-refractivity contribution in [3.63, 3.8) is 0 Å². The fourth-order valence-electron chi connectivity index (χ4n) is 3.72. The molecule has 1 atom stereocenters. The average molecular weight is 280 g/mol. The number of nitrogens with zero attached hydrogens (tertiary/aromatic N) is 1. The molecule has 0 radical (unpaired) electrons. The van der Waals surface area contributed by atoms with Gasteiger partial charge in [0.15, 0.2) is 0 Å². The summed E-state index contributed by atoms with van der Waals surface area (Å²) in [4.78, 5) is 15.0. The Kier molecular flexibility index (Phi) is 5.48. The highest BCUT2D eigenvalue weighted by Gasteiger charge is 2.33. The molecule has 2 aliphatic rings. The number of piperidine rings is 1. The lowest BCUT2D eigenvalue weighted by Gasteiger charge is -2.39. The topological polar surface area (TPSA) is 32.3 Å². The molecule has 3 heteroatoms. The van der Waals surface area contributed by atoms with E-state index >= 15 is 0 Å². The molecule has 0 aromatic carbocycles. The Morgan fingerprint density at radius 3 is 2.45 bits per heavy atom. The molecule has 116 valence electrons. The second kappa shape index (κ2) is 6.93. The van der Waals surface area contributed by atoms with E-state index in [-0.39, 0.29) is 5.41 Å². The van der Waals surface area contributed by atoms with Crippen molar-refractivity contribution in [1.82, 2.24) is 10.2 Å². The highest BCUT2D eigenvalue weighted by molar-refractivity contribution is 5.77. The molecule has 0 saturated carbocycles. The van der Waals surface area contributed by atoms with Crippen LogP contribution in [-0.4, -0.2) is 36.5 Å². The molecule has 0 spiro atoms. The van der Waals surface area contributed by atoms with Crippen LogP contribution in [0.25, 0.3) is 0 Å². The van der Waals surface area contributed by atoms with Crippen molar-refractivity contribution in [2.75, 3.05) is 19.6 Å². The number of carbonyl (C=O) groups is 1. The van der Waals surface area contributed by atoms with Gasteiger partial charge in [0.2, 0.25) is 5.91 Å². The minimum absolute atomic E-state index is 0.0993. The van der Waals surface area contributed by atoms with Crippen LogP contribution in [0.5, 0.6) is 0 Å². The Bertz CT molecular complexity index is 315. The first-order chi connectivity index (χ1) is 9.47. The zero-order valence-electron chi connectivity index (χ0n) is 13.6. The van der Waals surface area contributed by atoms with Gasteiger partial charge in [0.1, 0.15) is 0 Å². The molecule has 0 aromatic rings. The summed E-state index contributed by atoms with van der Waals surface area (Å²) in [7, 11) is 0. The van der Waals surface area contributed by atoms with Crippen LogP contribution < -0.4 is 5.32 Å². The minimum atomic E-state index is 0.0993. The van der Waals surface area contributed by atoms with Crippen LogP contribution in [0, 0.1) is 11.3 Å². The van der Waals surface area contributed by atoms with Crippen LogP contribution in [0.3, 0.4) is 0 Å². The van der Waals surface area contributed by atoms with Crippen molar-refractivity contribution in [3.8, 4) is 0 Å². The Morgan fingerprint density at radius 2 is 1.80 bits per heavy atom. The molecular weight excluding hydrogens is 248 g/mol. The molecule has 3 nitrogen and oxygen atoms in total. The van der Waals surface area contributed by atoms with Gasteiger partial charge < -0.3 is 10.2 Å². The van der Waals surface area contributed by atoms with E-state index in [1.165, 1.54) is 38.5 Å². The SMILES string of the molecule is CC(C)(C)CC(=O)N1CCCCCC1C1CCNCC1. The van der Waals surface area contributed by atoms with E-state index in [1.807, 2.05) is 0 Å². The number of hydrogen-bond donors (Lipinski definition) is 1. The van der Waals surface area contributed by atoms with E-state index in [0.29, 0.717) is 18.4 Å². The number of hydrogen-bond acceptors (Lipinski definition) is 2. The van der Waals surface area contributed by atoms with Crippen molar-refractivity contribution in [1.29, 1.82) is 0 Å². The van der Waals surface area contributed by atoms with Crippen LogP contribution in [0.4, 0.5) is 0 Å². The quantitative estimate of drug-likeness (QED) is 0.842. The lowest BCUT2D eigenvalue weighted by atomic mass is 9.85. The van der Waals surface area contributed by atoms with Crippen LogP contribution in [0.1, 0.15) is 65.7 Å². The predicted octanol–water partition coefficient (Wildman–Crippen LogP) is 3.19. The Labute approximate surface area is 124 Å². The third kappa shape index (κ3) is 4.47. The summed E-state index contributed by atoms with van der Waals surface area (Å²) in [6, 6.07) is 0.509. The van der Waals surface area contributed by atoms with Gasteiger partial charge in [-0.1, -0.05) is 33.6 Å². The van der Waals surface area contributed by atoms with Gasteiger partial charge in [-0.3, -0.25) is 4.79 Å². The molecule has 2 rings (SSSR count). The van der Waals surface area contributed by atoms with Gasteiger partial charge >= 0.3 is 0 Å². The van der Waals surface area contributed by atoms with Crippen molar-refractivity contribution in [2.24, 2.45) is 11.3 Å². The summed E-state index contributed by atoms with van der Waals surface area (Å²) in [5, 5.41) is 3.45. The second-order valence-corrected chi connectivity index (χ2v) is 7.83. The summed E-state index contributed by atoms with van der Waals surface area (Å²) in [5.74, 6) is 1.11. The zero-order valence-corrected chi connectivity index (χ0v) is 13.6. The van der Waals surface area contributed by atoms with Gasteiger partial charge in [0.25, 0.3) is 0 Å². The molecule has 1 amide bonds. The summed E-state index contributed by atoms with van der Waals surface area (Å²) in [5.41, 5.74) is 0.0993. The zero-order chi connectivity index (χ0) is 14.6. The van der Waals surface area contributed by atoms with Crippen LogP contribution in [-0.2, 0) is 4.79 Å². The highest BCUT2D eigenvalue weighted by atomic mass is 16.2. The summed E-state index contributed by atoms with van der Waals surface area (Å²) in [6.45, 7) is 9.75. The molecule has 20 heavy (non-hydrogen) atoms. The van der Waals surface area contributed by atoms with Crippen molar-refractivity contribution in [2.45, 2.75) is 71.8 Å². The summed E-state index contributed by atoms with van der Waals surface area (Å²) >= 11 is 0. The van der Waals surface area contributed by atoms with Gasteiger partial charge in [-0.2, -0.15) is 0 Å². The third-order valence-electron chi connectivity index (χ3n) is 4.73. The van der Waals surface area contributed by atoms with Crippen molar-refractivity contribution < 1.29 is 4.79 Å². The average Bonchev–Trinajstić information content (AvgIpc) is 2.63. The maximum absolute atomic E-state index is 12.7. The van der Waals surface area contributed by atoms with Gasteiger partial charge in [-0.25, -0.2) is 0 Å². The monoisotopic (exact) mass is 280 g/mol. The van der Waals surface area contributed by atoms with Crippen molar-refractivity contribution in [3.05, 3.63) is 0 Å². The number of carbonyl (C=O) groups excluding carboxylic acids is 1. The Hall–Kier alpha value is -0.570. The summed E-state index contributed by atoms with van der Waals surface area (Å²) < 4.78 is 0. The predicted molar refractivity (Wildman–Crippen MR) is 83.6 cm³/mol. The van der Waals surface area contributed by atoms with E-state index < -0.39 is 0 Å². The van der Waals surface area contributed by atoms with E-state index in [0.717, 1.165) is 25.6 Å². The normalized spacial score (nSPS) is 26.4. The van der Waals surface area contributed by atoms with Crippen LogP contribution >= 0.6 is 0 Å². The third-order valence-corrected chi connectivity index (χ3v) is 4.73. The van der Waals surface area contributed by atoms with Gasteiger partial charge in [-0.05, 0) is 50.1 Å². The van der Waals surface area contributed by atoms with Crippen molar-refractivity contribution >= 4 is 5.91 Å². The van der Waals surface area contributed by atoms with Gasteiger partial charge in [-0.15, -0.1) is 0 Å². The number of rotatable bonds is 2. The Morgan fingerprint density at radius 1 is 1.10 bits per heavy atom. The molecule has 1 unspecified atom stereocenters. The van der Waals surface area contributed by atoms with E-state index in [2.05, 4.69) is 31.0 Å². The molecule has 2 fully saturated rings. The number of amides is 1. The molecule has 2 saturated heterocycles. The van der Waals surface area contributed by atoms with Crippen LogP contribution in [0.2, 0.25) is 0 Å². The van der Waals surface area contributed by atoms with E-state index in [1.54, 1.807) is 0 Å². The standard InChI is InChI=1S/C17H32N2O/c1-17(2,3)13-16(20)19-12-6-4-5-7-15(19)14-8-10-18-11-9-14/h14-15,18H,4-13H2,1-3H3. The molecule has 0 aliphatic carbocycles. The molecule has 2 heterocycles. The maximum Gasteiger partial charge on any atom is 0.223 e. The highest BCUT2D eigenvalue weighted by Crippen LogP contribution is 2.30. The fourth-order valence-corrected chi connectivity index (χ4v) is 3.72. The number of likely N-dealkylation sites (tertiary alicyclic amines) is 1. The maximum atomic E-state index is 12.7. The minimum Gasteiger partial charge on any atom is -0.339 e. The molecule has 2 aliphatic heterocycles. The van der Waals surface area contributed by atoms with Gasteiger partial charge in [0, 0.05) is 19.0 Å². The largest absolute Gasteiger partial charge is 0.339 e. The molecular formula is C17H32N2O. The summed E-state index contributed by atoms with van der Waals surface area (Å²) in [6.07, 6.45) is 8.18.